The summed E-state index contributed by atoms with van der Waals surface area (Å²) in [6.45, 7) is 7.96. The van der Waals surface area contributed by atoms with Crippen LogP contribution < -0.4 is 0 Å². The normalized spacial score (nSPS) is 18.1. The van der Waals surface area contributed by atoms with Gasteiger partial charge in [-0.25, -0.2) is 9.59 Å². The summed E-state index contributed by atoms with van der Waals surface area (Å²) < 4.78 is 5.41. The first-order valence-corrected chi connectivity index (χ1v) is 7.05. The molecule has 1 N–H and O–H groups in total. The van der Waals surface area contributed by atoms with Gasteiger partial charge in [0.05, 0.1) is 11.6 Å². The molecule has 0 saturated carbocycles. The van der Waals surface area contributed by atoms with Crippen molar-refractivity contribution in [1.82, 2.24) is 4.90 Å². The number of rotatable bonds is 1. The standard InChI is InChI=1S/C16H21NO4/c1-10-13-9-12(14(18)19)6-5-11(13)7-8-17(10)15(20)21-16(2,3)4/h5-6,9-10H,7-8H2,1-4H3,(H,18,19). The van der Waals surface area contributed by atoms with Crippen molar-refractivity contribution >= 4 is 12.1 Å². The summed E-state index contributed by atoms with van der Waals surface area (Å²) in [7, 11) is 0. The van der Waals surface area contributed by atoms with Crippen molar-refractivity contribution in [2.75, 3.05) is 6.54 Å². The van der Waals surface area contributed by atoms with Crippen LogP contribution in [-0.2, 0) is 11.2 Å². The average Bonchev–Trinajstić information content (AvgIpc) is 2.36. The van der Waals surface area contributed by atoms with Gasteiger partial charge in [-0.15, -0.1) is 0 Å². The minimum absolute atomic E-state index is 0.192. The van der Waals surface area contributed by atoms with Gasteiger partial charge >= 0.3 is 12.1 Å². The first-order valence-electron chi connectivity index (χ1n) is 7.05. The topological polar surface area (TPSA) is 66.8 Å². The highest BCUT2D eigenvalue weighted by Crippen LogP contribution is 2.31. The molecule has 0 bridgehead atoms. The summed E-state index contributed by atoms with van der Waals surface area (Å²) in [5.41, 5.74) is 1.67. The van der Waals surface area contributed by atoms with E-state index < -0.39 is 11.6 Å². The average molecular weight is 291 g/mol. The number of ether oxygens (including phenoxy) is 1. The number of nitrogens with zero attached hydrogens (tertiary/aromatic N) is 1. The van der Waals surface area contributed by atoms with E-state index >= 15 is 0 Å². The number of aromatic carboxylic acids is 1. The van der Waals surface area contributed by atoms with Crippen LogP contribution >= 0.6 is 0 Å². The SMILES string of the molecule is CC1c2cc(C(=O)O)ccc2CCN1C(=O)OC(C)(C)C. The van der Waals surface area contributed by atoms with E-state index in [-0.39, 0.29) is 17.7 Å². The Morgan fingerprint density at radius 2 is 2.00 bits per heavy atom. The number of carbonyl (C=O) groups excluding carboxylic acids is 1. The summed E-state index contributed by atoms with van der Waals surface area (Å²) >= 11 is 0. The summed E-state index contributed by atoms with van der Waals surface area (Å²) in [6.07, 6.45) is 0.347. The third kappa shape index (κ3) is 3.35. The minimum Gasteiger partial charge on any atom is -0.478 e. The van der Waals surface area contributed by atoms with Gasteiger partial charge in [-0.3, -0.25) is 0 Å². The smallest absolute Gasteiger partial charge is 0.410 e. The van der Waals surface area contributed by atoms with Crippen LogP contribution in [0.4, 0.5) is 4.79 Å². The molecule has 0 aromatic heterocycles. The lowest BCUT2D eigenvalue weighted by atomic mass is 9.92. The van der Waals surface area contributed by atoms with Crippen LogP contribution in [0.25, 0.3) is 0 Å². The second kappa shape index (κ2) is 5.39. The number of fused-ring (bicyclic) bond motifs is 1. The van der Waals surface area contributed by atoms with Gasteiger partial charge in [0.1, 0.15) is 5.60 Å². The number of benzene rings is 1. The zero-order valence-corrected chi connectivity index (χ0v) is 12.8. The number of carboxylic acid groups (broad SMARTS) is 1. The maximum atomic E-state index is 12.2. The second-order valence-electron chi connectivity index (χ2n) is 6.32. The largest absolute Gasteiger partial charge is 0.478 e. The third-order valence-corrected chi connectivity index (χ3v) is 3.56. The van der Waals surface area contributed by atoms with Crippen molar-refractivity contribution in [2.45, 2.75) is 45.8 Å². The maximum Gasteiger partial charge on any atom is 0.410 e. The zero-order valence-electron chi connectivity index (χ0n) is 12.8. The Labute approximate surface area is 124 Å². The predicted molar refractivity (Wildman–Crippen MR) is 78.5 cm³/mol. The molecule has 1 heterocycles. The number of carbonyl (C=O) groups is 2. The second-order valence-corrected chi connectivity index (χ2v) is 6.32. The Morgan fingerprint density at radius 1 is 1.33 bits per heavy atom. The molecule has 1 unspecified atom stereocenters. The fourth-order valence-corrected chi connectivity index (χ4v) is 2.52. The fraction of sp³-hybridized carbons (Fsp3) is 0.500. The third-order valence-electron chi connectivity index (χ3n) is 3.56. The molecule has 0 radical (unpaired) electrons. The van der Waals surface area contributed by atoms with Crippen molar-refractivity contribution in [2.24, 2.45) is 0 Å². The lowest BCUT2D eigenvalue weighted by Gasteiger charge is -2.36. The molecule has 1 aromatic rings. The van der Waals surface area contributed by atoms with E-state index in [9.17, 15) is 9.59 Å². The molecule has 1 aliphatic heterocycles. The lowest BCUT2D eigenvalue weighted by molar-refractivity contribution is 0.0160. The summed E-state index contributed by atoms with van der Waals surface area (Å²) in [5, 5.41) is 9.10. The van der Waals surface area contributed by atoms with Gasteiger partial charge in [0, 0.05) is 6.54 Å². The van der Waals surface area contributed by atoms with E-state index in [2.05, 4.69) is 0 Å². The Balaban J connectivity index is 2.26. The van der Waals surface area contributed by atoms with E-state index in [0.29, 0.717) is 13.0 Å². The molecule has 0 aliphatic carbocycles. The summed E-state index contributed by atoms with van der Waals surface area (Å²) in [6, 6.07) is 4.90. The molecule has 5 heteroatoms. The van der Waals surface area contributed by atoms with Crippen molar-refractivity contribution < 1.29 is 19.4 Å². The minimum atomic E-state index is -0.959. The van der Waals surface area contributed by atoms with Gasteiger partial charge in [0.25, 0.3) is 0 Å². The zero-order chi connectivity index (χ0) is 15.8. The van der Waals surface area contributed by atoms with Crippen LogP contribution in [0.2, 0.25) is 0 Å². The highest BCUT2D eigenvalue weighted by Gasteiger charge is 2.31. The number of hydrogen-bond donors (Lipinski definition) is 1. The first-order chi connectivity index (χ1) is 9.69. The molecule has 0 saturated heterocycles. The highest BCUT2D eigenvalue weighted by molar-refractivity contribution is 5.88. The van der Waals surface area contributed by atoms with Gasteiger partial charge in [-0.1, -0.05) is 6.07 Å². The number of hydrogen-bond acceptors (Lipinski definition) is 3. The molecule has 21 heavy (non-hydrogen) atoms. The molecule has 0 spiro atoms. The molecule has 2 rings (SSSR count). The van der Waals surface area contributed by atoms with E-state index in [1.807, 2.05) is 33.8 Å². The Morgan fingerprint density at radius 3 is 2.57 bits per heavy atom. The Kier molecular flexibility index (Phi) is 3.94. The Bertz CT molecular complexity index is 574. The molecular formula is C16H21NO4. The maximum absolute atomic E-state index is 12.2. The summed E-state index contributed by atoms with van der Waals surface area (Å²) in [5.74, 6) is -0.959. The van der Waals surface area contributed by atoms with Gasteiger partial charge < -0.3 is 14.7 Å². The molecule has 1 aromatic carbocycles. The van der Waals surface area contributed by atoms with Crippen molar-refractivity contribution in [1.29, 1.82) is 0 Å². The van der Waals surface area contributed by atoms with Crippen molar-refractivity contribution in [3.05, 3.63) is 34.9 Å². The first kappa shape index (κ1) is 15.4. The van der Waals surface area contributed by atoms with Gasteiger partial charge in [-0.2, -0.15) is 0 Å². The van der Waals surface area contributed by atoms with Crippen LogP contribution in [0.3, 0.4) is 0 Å². The van der Waals surface area contributed by atoms with Gasteiger partial charge in [0.2, 0.25) is 0 Å². The van der Waals surface area contributed by atoms with Crippen LogP contribution in [-0.4, -0.2) is 34.2 Å². The van der Waals surface area contributed by atoms with Crippen molar-refractivity contribution in [3.63, 3.8) is 0 Å². The number of carboxylic acids is 1. The number of amides is 1. The van der Waals surface area contributed by atoms with Gasteiger partial charge in [-0.05, 0) is 57.4 Å². The van der Waals surface area contributed by atoms with Gasteiger partial charge in [0.15, 0.2) is 0 Å². The fourth-order valence-electron chi connectivity index (χ4n) is 2.52. The van der Waals surface area contributed by atoms with Crippen LogP contribution in [0, 0.1) is 0 Å². The van der Waals surface area contributed by atoms with E-state index in [0.717, 1.165) is 11.1 Å². The molecule has 1 amide bonds. The molecule has 1 aliphatic rings. The Hall–Kier alpha value is -2.04. The quantitative estimate of drug-likeness (QED) is 0.862. The molecule has 1 atom stereocenters. The lowest BCUT2D eigenvalue weighted by Crippen LogP contribution is -2.42. The highest BCUT2D eigenvalue weighted by atomic mass is 16.6. The van der Waals surface area contributed by atoms with Crippen LogP contribution in [0.1, 0.15) is 55.2 Å². The molecular weight excluding hydrogens is 270 g/mol. The van der Waals surface area contributed by atoms with Crippen LogP contribution in [0.15, 0.2) is 18.2 Å². The summed E-state index contributed by atoms with van der Waals surface area (Å²) in [4.78, 5) is 25.0. The van der Waals surface area contributed by atoms with Crippen LogP contribution in [0.5, 0.6) is 0 Å². The van der Waals surface area contributed by atoms with E-state index in [1.165, 1.54) is 0 Å². The van der Waals surface area contributed by atoms with Crippen molar-refractivity contribution in [3.8, 4) is 0 Å². The molecule has 5 nitrogen and oxygen atoms in total. The molecule has 0 fully saturated rings. The van der Waals surface area contributed by atoms with E-state index in [4.69, 9.17) is 9.84 Å². The molecule has 114 valence electrons. The van der Waals surface area contributed by atoms with E-state index in [1.54, 1.807) is 17.0 Å². The monoisotopic (exact) mass is 291 g/mol. The predicted octanol–water partition coefficient (Wildman–Crippen LogP) is 3.24.